The Bertz CT molecular complexity index is 1330. The number of aromatic nitrogens is 1. The van der Waals surface area contributed by atoms with Crippen molar-refractivity contribution in [3.8, 4) is 22.8 Å². The predicted octanol–water partition coefficient (Wildman–Crippen LogP) is 5.92. The maximum absolute atomic E-state index is 14.1. The molecule has 0 aliphatic heterocycles. The number of carbonyl (C=O) groups is 1. The molecule has 1 unspecified atom stereocenters. The maximum atomic E-state index is 14.1. The zero-order valence-electron chi connectivity index (χ0n) is 19.2. The Labute approximate surface area is 219 Å². The molecule has 37 heavy (non-hydrogen) atoms. The van der Waals surface area contributed by atoms with Crippen LogP contribution in [0.25, 0.3) is 11.3 Å². The monoisotopic (exact) mass is 558 g/mol. The fraction of sp³-hybridized carbons (Fsp3) is 0.280. The van der Waals surface area contributed by atoms with Crippen LogP contribution in [0.2, 0.25) is 10.0 Å². The molecule has 1 aliphatic rings. The van der Waals surface area contributed by atoms with Crippen LogP contribution in [0.4, 0.5) is 17.6 Å². The van der Waals surface area contributed by atoms with Crippen molar-refractivity contribution in [2.24, 2.45) is 0 Å². The van der Waals surface area contributed by atoms with Gasteiger partial charge in [-0.25, -0.2) is 9.37 Å². The van der Waals surface area contributed by atoms with Gasteiger partial charge in [-0.05, 0) is 61.4 Å². The first-order valence-electron chi connectivity index (χ1n) is 11.0. The summed E-state index contributed by atoms with van der Waals surface area (Å²) in [7, 11) is 1.27. The molecule has 0 bridgehead atoms. The van der Waals surface area contributed by atoms with E-state index >= 15 is 0 Å². The van der Waals surface area contributed by atoms with Crippen LogP contribution in [0.3, 0.4) is 0 Å². The molecule has 1 fully saturated rings. The lowest BCUT2D eigenvalue weighted by atomic mass is 9.96. The Kier molecular flexibility index (Phi) is 7.55. The number of ether oxygens (including phenoxy) is 2. The van der Waals surface area contributed by atoms with Crippen LogP contribution in [0, 0.1) is 5.82 Å². The zero-order chi connectivity index (χ0) is 27.0. The molecule has 0 radical (unpaired) electrons. The summed E-state index contributed by atoms with van der Waals surface area (Å²) < 4.78 is 66.8. The van der Waals surface area contributed by atoms with Crippen LogP contribution >= 0.6 is 23.2 Å². The summed E-state index contributed by atoms with van der Waals surface area (Å²) in [6.45, 7) is -1.25. The van der Waals surface area contributed by atoms with Crippen LogP contribution < -0.4 is 14.8 Å². The predicted molar refractivity (Wildman–Crippen MR) is 129 cm³/mol. The van der Waals surface area contributed by atoms with E-state index in [0.717, 1.165) is 25.0 Å². The molecule has 0 spiro atoms. The van der Waals surface area contributed by atoms with E-state index in [2.05, 4.69) is 10.3 Å². The lowest BCUT2D eigenvalue weighted by Gasteiger charge is -2.30. The average molecular weight is 559 g/mol. The van der Waals surface area contributed by atoms with Gasteiger partial charge in [0.25, 0.3) is 5.91 Å². The van der Waals surface area contributed by atoms with E-state index in [-0.39, 0.29) is 38.7 Å². The van der Waals surface area contributed by atoms with Crippen molar-refractivity contribution in [2.45, 2.75) is 30.7 Å². The van der Waals surface area contributed by atoms with Gasteiger partial charge in [-0.3, -0.25) is 4.79 Å². The van der Waals surface area contributed by atoms with Gasteiger partial charge in [0, 0.05) is 11.1 Å². The first-order chi connectivity index (χ1) is 17.4. The molecule has 6 nitrogen and oxygen atoms in total. The number of carbonyl (C=O) groups excluding carboxylic acids is 1. The van der Waals surface area contributed by atoms with Gasteiger partial charge in [0.2, 0.25) is 5.60 Å². The van der Waals surface area contributed by atoms with Gasteiger partial charge in [-0.15, -0.1) is 0 Å². The summed E-state index contributed by atoms with van der Waals surface area (Å²) in [5.74, 6) is -1.21. The van der Waals surface area contributed by atoms with Crippen LogP contribution in [0.1, 0.15) is 28.9 Å². The molecular weight excluding hydrogens is 539 g/mol. The molecule has 4 rings (SSSR count). The Morgan fingerprint density at radius 2 is 1.78 bits per heavy atom. The average Bonchev–Trinajstić information content (AvgIpc) is 3.68. The van der Waals surface area contributed by atoms with Crippen LogP contribution in [-0.4, -0.2) is 41.9 Å². The number of rotatable bonds is 8. The number of hydrogen-bond acceptors (Lipinski definition) is 5. The molecule has 2 aromatic carbocycles. The summed E-state index contributed by atoms with van der Waals surface area (Å²) in [6, 6.07) is 9.62. The molecular formula is C25H20Cl2F4N2O4. The number of aliphatic hydroxyl groups is 1. The molecule has 196 valence electrons. The fourth-order valence-electron chi connectivity index (χ4n) is 3.44. The lowest BCUT2D eigenvalue weighted by Crippen LogP contribution is -2.51. The van der Waals surface area contributed by atoms with Crippen molar-refractivity contribution in [1.29, 1.82) is 0 Å². The van der Waals surface area contributed by atoms with Crippen LogP contribution in [-0.2, 0) is 5.60 Å². The number of halogens is 6. The first kappa shape index (κ1) is 27.0. The molecule has 1 aromatic heterocycles. The summed E-state index contributed by atoms with van der Waals surface area (Å²) in [4.78, 5) is 16.6. The number of amides is 1. The van der Waals surface area contributed by atoms with Crippen molar-refractivity contribution in [3.63, 3.8) is 0 Å². The van der Waals surface area contributed by atoms with Crippen molar-refractivity contribution < 1.29 is 36.9 Å². The largest absolute Gasteiger partial charge is 0.494 e. The highest BCUT2D eigenvalue weighted by Crippen LogP contribution is 2.40. The van der Waals surface area contributed by atoms with E-state index in [1.165, 1.54) is 43.5 Å². The van der Waals surface area contributed by atoms with Gasteiger partial charge in [-0.2, -0.15) is 13.2 Å². The van der Waals surface area contributed by atoms with E-state index in [4.69, 9.17) is 32.7 Å². The minimum atomic E-state index is -5.24. The molecule has 1 saturated carbocycles. The van der Waals surface area contributed by atoms with Gasteiger partial charge in [-0.1, -0.05) is 23.2 Å². The normalized spacial score (nSPS) is 15.1. The highest BCUT2D eigenvalue weighted by Gasteiger charge is 2.56. The van der Waals surface area contributed by atoms with Crippen molar-refractivity contribution in [1.82, 2.24) is 10.3 Å². The quantitative estimate of drug-likeness (QED) is 0.335. The van der Waals surface area contributed by atoms with Gasteiger partial charge in [0.05, 0.1) is 35.5 Å². The molecule has 1 atom stereocenters. The van der Waals surface area contributed by atoms with Crippen molar-refractivity contribution in [3.05, 3.63) is 75.7 Å². The number of benzene rings is 2. The summed E-state index contributed by atoms with van der Waals surface area (Å²) in [5.41, 5.74) is -4.38. The summed E-state index contributed by atoms with van der Waals surface area (Å²) >= 11 is 12.0. The minimum absolute atomic E-state index is 0.0259. The second-order valence-electron chi connectivity index (χ2n) is 8.38. The molecule has 1 amide bonds. The number of nitrogens with one attached hydrogen (secondary N) is 1. The van der Waals surface area contributed by atoms with Crippen molar-refractivity contribution in [2.75, 3.05) is 13.7 Å². The van der Waals surface area contributed by atoms with E-state index in [1.54, 1.807) is 0 Å². The smallest absolute Gasteiger partial charge is 0.424 e. The van der Waals surface area contributed by atoms with E-state index in [1.807, 2.05) is 0 Å². The second kappa shape index (κ2) is 10.4. The van der Waals surface area contributed by atoms with Gasteiger partial charge >= 0.3 is 6.18 Å². The summed E-state index contributed by atoms with van der Waals surface area (Å²) in [5, 5.41) is 12.7. The number of pyridine rings is 1. The third-order valence-corrected chi connectivity index (χ3v) is 6.27. The molecule has 3 aromatic rings. The highest BCUT2D eigenvalue weighted by molar-refractivity contribution is 6.32. The molecule has 0 saturated heterocycles. The topological polar surface area (TPSA) is 80.7 Å². The van der Waals surface area contributed by atoms with E-state index in [0.29, 0.717) is 5.75 Å². The maximum Gasteiger partial charge on any atom is 0.424 e. The zero-order valence-corrected chi connectivity index (χ0v) is 20.7. The summed E-state index contributed by atoms with van der Waals surface area (Å²) in [6.07, 6.45) is -3.39. The van der Waals surface area contributed by atoms with Crippen molar-refractivity contribution >= 4 is 29.1 Å². The Hall–Kier alpha value is -3.08. The third kappa shape index (κ3) is 5.76. The van der Waals surface area contributed by atoms with Gasteiger partial charge in [0.1, 0.15) is 23.0 Å². The Morgan fingerprint density at radius 3 is 2.38 bits per heavy atom. The number of hydrogen-bond donors (Lipinski definition) is 2. The molecule has 2 N–H and O–H groups in total. The lowest BCUT2D eigenvalue weighted by molar-refractivity contribution is -0.265. The van der Waals surface area contributed by atoms with Crippen LogP contribution in [0.5, 0.6) is 11.5 Å². The molecule has 12 heteroatoms. The molecule has 1 aliphatic carbocycles. The van der Waals surface area contributed by atoms with Crippen LogP contribution in [0.15, 0.2) is 48.5 Å². The number of methoxy groups -OCH3 is 1. The third-order valence-electron chi connectivity index (χ3n) is 5.68. The van der Waals surface area contributed by atoms with Gasteiger partial charge < -0.3 is 19.9 Å². The number of nitrogens with zero attached hydrogens (tertiary/aromatic N) is 1. The van der Waals surface area contributed by atoms with Gasteiger partial charge in [0.15, 0.2) is 0 Å². The van der Waals surface area contributed by atoms with E-state index in [9.17, 15) is 27.5 Å². The van der Waals surface area contributed by atoms with E-state index < -0.39 is 35.7 Å². The SMILES string of the molecule is COc1ccc(C(O)(CNC(=O)c2ccc(OC3CC3)c(Cl)c2)C(F)(F)F)nc1-c1ccc(F)c(Cl)c1. The first-order valence-corrected chi connectivity index (χ1v) is 11.7. The Balaban J connectivity index is 1.62. The fourth-order valence-corrected chi connectivity index (χ4v) is 3.85. The highest BCUT2D eigenvalue weighted by atomic mass is 35.5. The minimum Gasteiger partial charge on any atom is -0.494 e. The number of alkyl halides is 3. The standard InChI is InChI=1S/C25H20Cl2F4N2O4/c1-36-20-8-9-21(33-22(20)13-2-6-18(28)16(26)10-13)24(35,25(29,30)31)12-32-23(34)14-3-7-19(17(27)11-14)37-15-4-5-15/h2-3,6-11,15,35H,4-5,12H2,1H3,(H,32,34). The second-order valence-corrected chi connectivity index (χ2v) is 9.19. The molecule has 1 heterocycles. The Morgan fingerprint density at radius 1 is 1.08 bits per heavy atom.